The van der Waals surface area contributed by atoms with Crippen LogP contribution in [0.25, 0.3) is 0 Å². The summed E-state index contributed by atoms with van der Waals surface area (Å²) in [6, 6.07) is 0.422. The number of aliphatic hydroxyl groups is 1. The largest absolute Gasteiger partial charge is 0.391 e. The topological polar surface area (TPSA) is 23.5 Å². The van der Waals surface area contributed by atoms with E-state index in [0.717, 1.165) is 25.4 Å². The van der Waals surface area contributed by atoms with Gasteiger partial charge in [0, 0.05) is 6.04 Å². The first-order chi connectivity index (χ1) is 7.22. The molecule has 3 atom stereocenters. The summed E-state index contributed by atoms with van der Waals surface area (Å²) < 4.78 is 0. The molecule has 1 rings (SSSR count). The number of hydrogen-bond donors (Lipinski definition) is 1. The van der Waals surface area contributed by atoms with E-state index in [2.05, 4.69) is 25.7 Å². The van der Waals surface area contributed by atoms with Crippen LogP contribution in [0.15, 0.2) is 0 Å². The van der Waals surface area contributed by atoms with E-state index in [1.165, 1.54) is 25.7 Å². The highest BCUT2D eigenvalue weighted by Crippen LogP contribution is 2.30. The minimum atomic E-state index is -0.0852. The van der Waals surface area contributed by atoms with Crippen LogP contribution in [0.5, 0.6) is 0 Å². The maximum absolute atomic E-state index is 10.0. The van der Waals surface area contributed by atoms with Crippen LogP contribution in [-0.2, 0) is 0 Å². The SMILES string of the molecule is CCCC1CCC(O)C(N(CC)CC)C1. The maximum Gasteiger partial charge on any atom is 0.0695 e. The average molecular weight is 213 g/mol. The van der Waals surface area contributed by atoms with Gasteiger partial charge in [0.15, 0.2) is 0 Å². The Balaban J connectivity index is 2.52. The lowest BCUT2D eigenvalue weighted by molar-refractivity contribution is 0.00586. The highest BCUT2D eigenvalue weighted by atomic mass is 16.3. The van der Waals surface area contributed by atoms with Crippen molar-refractivity contribution in [2.75, 3.05) is 13.1 Å². The van der Waals surface area contributed by atoms with Crippen LogP contribution in [0.4, 0.5) is 0 Å². The Kier molecular flexibility index (Phi) is 5.62. The van der Waals surface area contributed by atoms with Crippen molar-refractivity contribution in [1.82, 2.24) is 4.90 Å². The van der Waals surface area contributed by atoms with E-state index in [1.54, 1.807) is 0 Å². The van der Waals surface area contributed by atoms with E-state index in [1.807, 2.05) is 0 Å². The molecule has 0 heterocycles. The van der Waals surface area contributed by atoms with Crippen molar-refractivity contribution in [2.45, 2.75) is 65.0 Å². The smallest absolute Gasteiger partial charge is 0.0695 e. The van der Waals surface area contributed by atoms with Crippen molar-refractivity contribution in [1.29, 1.82) is 0 Å². The molecule has 90 valence electrons. The second-order valence-corrected chi connectivity index (χ2v) is 4.82. The van der Waals surface area contributed by atoms with Crippen molar-refractivity contribution in [3.63, 3.8) is 0 Å². The van der Waals surface area contributed by atoms with Gasteiger partial charge < -0.3 is 5.11 Å². The predicted molar refractivity (Wildman–Crippen MR) is 65.0 cm³/mol. The molecule has 2 nitrogen and oxygen atoms in total. The number of aliphatic hydroxyl groups excluding tert-OH is 1. The lowest BCUT2D eigenvalue weighted by atomic mass is 9.81. The molecule has 0 aliphatic heterocycles. The molecule has 0 bridgehead atoms. The van der Waals surface area contributed by atoms with Gasteiger partial charge in [0.1, 0.15) is 0 Å². The number of rotatable bonds is 5. The summed E-state index contributed by atoms with van der Waals surface area (Å²) in [5.74, 6) is 0.851. The molecule has 1 saturated carbocycles. The minimum absolute atomic E-state index is 0.0852. The molecule has 0 spiro atoms. The van der Waals surface area contributed by atoms with E-state index < -0.39 is 0 Å². The molecule has 0 saturated heterocycles. The quantitative estimate of drug-likeness (QED) is 0.759. The monoisotopic (exact) mass is 213 g/mol. The number of hydrogen-bond acceptors (Lipinski definition) is 2. The molecule has 2 heteroatoms. The molecule has 1 fully saturated rings. The summed E-state index contributed by atoms with van der Waals surface area (Å²) in [6.45, 7) is 8.78. The summed E-state index contributed by atoms with van der Waals surface area (Å²) in [6.07, 6.45) is 5.98. The Morgan fingerprint density at radius 1 is 1.13 bits per heavy atom. The van der Waals surface area contributed by atoms with Gasteiger partial charge >= 0.3 is 0 Å². The van der Waals surface area contributed by atoms with Crippen molar-refractivity contribution >= 4 is 0 Å². The van der Waals surface area contributed by atoms with Gasteiger partial charge in [0.25, 0.3) is 0 Å². The van der Waals surface area contributed by atoms with Gasteiger partial charge in [-0.15, -0.1) is 0 Å². The van der Waals surface area contributed by atoms with Crippen LogP contribution in [0.1, 0.15) is 52.9 Å². The Hall–Kier alpha value is -0.0800. The maximum atomic E-state index is 10.0. The molecular weight excluding hydrogens is 186 g/mol. The van der Waals surface area contributed by atoms with Crippen LogP contribution in [0.2, 0.25) is 0 Å². The molecule has 15 heavy (non-hydrogen) atoms. The fraction of sp³-hybridized carbons (Fsp3) is 1.00. The second kappa shape index (κ2) is 6.49. The van der Waals surface area contributed by atoms with E-state index in [-0.39, 0.29) is 6.10 Å². The third-order valence-corrected chi connectivity index (χ3v) is 3.87. The first-order valence-corrected chi connectivity index (χ1v) is 6.64. The zero-order valence-electron chi connectivity index (χ0n) is 10.6. The van der Waals surface area contributed by atoms with Crippen LogP contribution >= 0.6 is 0 Å². The zero-order valence-corrected chi connectivity index (χ0v) is 10.6. The predicted octanol–water partition coefficient (Wildman–Crippen LogP) is 2.66. The Morgan fingerprint density at radius 3 is 2.33 bits per heavy atom. The van der Waals surface area contributed by atoms with Gasteiger partial charge in [-0.05, 0) is 38.3 Å². The zero-order chi connectivity index (χ0) is 11.3. The van der Waals surface area contributed by atoms with Crippen LogP contribution < -0.4 is 0 Å². The third-order valence-electron chi connectivity index (χ3n) is 3.87. The molecule has 0 amide bonds. The van der Waals surface area contributed by atoms with Gasteiger partial charge in [0.05, 0.1) is 6.10 Å². The number of nitrogens with zero attached hydrogens (tertiary/aromatic N) is 1. The minimum Gasteiger partial charge on any atom is -0.391 e. The normalized spacial score (nSPS) is 32.2. The van der Waals surface area contributed by atoms with E-state index >= 15 is 0 Å². The highest BCUT2D eigenvalue weighted by molar-refractivity contribution is 4.86. The van der Waals surface area contributed by atoms with Crippen molar-refractivity contribution in [2.24, 2.45) is 5.92 Å². The number of likely N-dealkylation sites (N-methyl/N-ethyl adjacent to an activating group) is 1. The first kappa shape index (κ1) is 13.0. The standard InChI is InChI=1S/C13H27NO/c1-4-7-11-8-9-13(15)12(10-11)14(5-2)6-3/h11-13,15H,4-10H2,1-3H3. The molecule has 3 unspecified atom stereocenters. The molecule has 0 aromatic heterocycles. The average Bonchev–Trinajstić information content (AvgIpc) is 2.24. The van der Waals surface area contributed by atoms with E-state index in [9.17, 15) is 5.11 Å². The first-order valence-electron chi connectivity index (χ1n) is 6.64. The second-order valence-electron chi connectivity index (χ2n) is 4.82. The highest BCUT2D eigenvalue weighted by Gasteiger charge is 2.31. The van der Waals surface area contributed by atoms with E-state index in [4.69, 9.17) is 0 Å². The van der Waals surface area contributed by atoms with Gasteiger partial charge in [-0.3, -0.25) is 4.90 Å². The summed E-state index contributed by atoms with van der Waals surface area (Å²) in [5, 5.41) is 10.0. The summed E-state index contributed by atoms with van der Waals surface area (Å²) in [5.41, 5.74) is 0. The molecule has 1 aliphatic carbocycles. The van der Waals surface area contributed by atoms with Gasteiger partial charge in [-0.25, -0.2) is 0 Å². The Bertz CT molecular complexity index is 168. The van der Waals surface area contributed by atoms with E-state index in [0.29, 0.717) is 6.04 Å². The lowest BCUT2D eigenvalue weighted by Crippen LogP contribution is -2.47. The van der Waals surface area contributed by atoms with Crippen molar-refractivity contribution in [3.05, 3.63) is 0 Å². The van der Waals surface area contributed by atoms with Gasteiger partial charge in [-0.2, -0.15) is 0 Å². The molecule has 0 aromatic rings. The third kappa shape index (κ3) is 3.46. The molecular formula is C13H27NO. The summed E-state index contributed by atoms with van der Waals surface area (Å²) in [4.78, 5) is 2.42. The fourth-order valence-corrected chi connectivity index (χ4v) is 2.97. The van der Waals surface area contributed by atoms with Crippen molar-refractivity contribution < 1.29 is 5.11 Å². The van der Waals surface area contributed by atoms with Crippen LogP contribution in [0.3, 0.4) is 0 Å². The van der Waals surface area contributed by atoms with Crippen molar-refractivity contribution in [3.8, 4) is 0 Å². The van der Waals surface area contributed by atoms with Gasteiger partial charge in [0.2, 0.25) is 0 Å². The Labute approximate surface area is 94.7 Å². The molecule has 1 aliphatic rings. The molecule has 0 radical (unpaired) electrons. The van der Waals surface area contributed by atoms with Gasteiger partial charge in [-0.1, -0.05) is 33.6 Å². The molecule has 1 N–H and O–H groups in total. The Morgan fingerprint density at radius 2 is 1.80 bits per heavy atom. The fourth-order valence-electron chi connectivity index (χ4n) is 2.97. The lowest BCUT2D eigenvalue weighted by Gasteiger charge is -2.39. The summed E-state index contributed by atoms with van der Waals surface area (Å²) in [7, 11) is 0. The molecule has 0 aromatic carbocycles. The van der Waals surface area contributed by atoms with Crippen LogP contribution in [0, 0.1) is 5.92 Å². The summed E-state index contributed by atoms with van der Waals surface area (Å²) >= 11 is 0. The van der Waals surface area contributed by atoms with Crippen LogP contribution in [-0.4, -0.2) is 35.2 Å².